The van der Waals surface area contributed by atoms with E-state index in [1.165, 1.54) is 0 Å². The molecule has 2 aromatic rings. The first-order valence-electron chi connectivity index (χ1n) is 7.30. The molecule has 0 bridgehead atoms. The number of carbonyl (C=O) groups excluding carboxylic acids is 1. The number of hydrogen-bond acceptors (Lipinski definition) is 3. The van der Waals surface area contributed by atoms with E-state index in [4.69, 9.17) is 4.74 Å². The SMILES string of the molecule is CCOc1ccccc1C(=O)N[C@@H]1CCc2nccn2C1. The lowest BCUT2D eigenvalue weighted by Gasteiger charge is -2.25. The van der Waals surface area contributed by atoms with Crippen LogP contribution in [0.4, 0.5) is 0 Å². The number of fused-ring (bicyclic) bond motifs is 1. The number of para-hydroxylation sites is 1. The van der Waals surface area contributed by atoms with Crippen molar-refractivity contribution in [2.24, 2.45) is 0 Å². The molecule has 0 radical (unpaired) electrons. The Balaban J connectivity index is 1.70. The topological polar surface area (TPSA) is 56.1 Å². The summed E-state index contributed by atoms with van der Waals surface area (Å²) in [6, 6.07) is 7.49. The van der Waals surface area contributed by atoms with E-state index in [-0.39, 0.29) is 11.9 Å². The van der Waals surface area contributed by atoms with E-state index in [2.05, 4.69) is 14.9 Å². The summed E-state index contributed by atoms with van der Waals surface area (Å²) >= 11 is 0. The molecule has 1 aromatic carbocycles. The monoisotopic (exact) mass is 285 g/mol. The third kappa shape index (κ3) is 2.91. The fourth-order valence-corrected chi connectivity index (χ4v) is 2.68. The first-order chi connectivity index (χ1) is 10.3. The second kappa shape index (κ2) is 5.99. The van der Waals surface area contributed by atoms with Gasteiger partial charge in [0.1, 0.15) is 11.6 Å². The number of nitrogens with one attached hydrogen (secondary N) is 1. The fraction of sp³-hybridized carbons (Fsp3) is 0.375. The number of benzene rings is 1. The van der Waals surface area contributed by atoms with Gasteiger partial charge < -0.3 is 14.6 Å². The normalized spacial score (nSPS) is 17.1. The molecule has 1 aliphatic heterocycles. The number of imidazole rings is 1. The molecule has 21 heavy (non-hydrogen) atoms. The van der Waals surface area contributed by atoms with E-state index in [9.17, 15) is 4.79 Å². The van der Waals surface area contributed by atoms with Gasteiger partial charge in [-0.25, -0.2) is 4.98 Å². The molecule has 1 amide bonds. The Kier molecular flexibility index (Phi) is 3.90. The molecule has 5 heteroatoms. The van der Waals surface area contributed by atoms with Crippen molar-refractivity contribution < 1.29 is 9.53 Å². The quantitative estimate of drug-likeness (QED) is 0.935. The van der Waals surface area contributed by atoms with Crippen LogP contribution >= 0.6 is 0 Å². The highest BCUT2D eigenvalue weighted by molar-refractivity contribution is 5.97. The molecule has 1 aliphatic rings. The number of hydrogen-bond donors (Lipinski definition) is 1. The van der Waals surface area contributed by atoms with Crippen molar-refractivity contribution in [3.05, 3.63) is 48.0 Å². The first-order valence-corrected chi connectivity index (χ1v) is 7.30. The molecule has 1 aromatic heterocycles. The summed E-state index contributed by atoms with van der Waals surface area (Å²) in [5, 5.41) is 3.10. The summed E-state index contributed by atoms with van der Waals surface area (Å²) in [4.78, 5) is 16.7. The van der Waals surface area contributed by atoms with Crippen LogP contribution in [-0.4, -0.2) is 28.1 Å². The van der Waals surface area contributed by atoms with Gasteiger partial charge in [-0.3, -0.25) is 4.79 Å². The zero-order valence-corrected chi connectivity index (χ0v) is 12.1. The van der Waals surface area contributed by atoms with Crippen LogP contribution in [0.3, 0.4) is 0 Å². The molecule has 1 atom stereocenters. The molecule has 0 spiro atoms. The van der Waals surface area contributed by atoms with Gasteiger partial charge in [-0.15, -0.1) is 0 Å². The predicted molar refractivity (Wildman–Crippen MR) is 79.4 cm³/mol. The minimum Gasteiger partial charge on any atom is -0.493 e. The van der Waals surface area contributed by atoms with Crippen molar-refractivity contribution in [2.75, 3.05) is 6.61 Å². The van der Waals surface area contributed by atoms with E-state index in [0.29, 0.717) is 17.9 Å². The molecular formula is C16H19N3O2. The Labute approximate surface area is 124 Å². The summed E-state index contributed by atoms with van der Waals surface area (Å²) in [7, 11) is 0. The van der Waals surface area contributed by atoms with Crippen LogP contribution in [0.5, 0.6) is 5.75 Å². The highest BCUT2D eigenvalue weighted by Gasteiger charge is 2.22. The number of aromatic nitrogens is 2. The second-order valence-electron chi connectivity index (χ2n) is 5.13. The van der Waals surface area contributed by atoms with Gasteiger partial charge in [0.05, 0.1) is 12.2 Å². The number of rotatable bonds is 4. The summed E-state index contributed by atoms with van der Waals surface area (Å²) in [6.45, 7) is 3.24. The van der Waals surface area contributed by atoms with E-state index >= 15 is 0 Å². The number of ether oxygens (including phenoxy) is 1. The van der Waals surface area contributed by atoms with E-state index in [0.717, 1.165) is 25.2 Å². The molecule has 0 aliphatic carbocycles. The lowest BCUT2D eigenvalue weighted by atomic mass is 10.1. The Morgan fingerprint density at radius 2 is 2.33 bits per heavy atom. The fourth-order valence-electron chi connectivity index (χ4n) is 2.68. The lowest BCUT2D eigenvalue weighted by molar-refractivity contribution is 0.0923. The summed E-state index contributed by atoms with van der Waals surface area (Å²) in [5.74, 6) is 1.65. The zero-order chi connectivity index (χ0) is 14.7. The number of carbonyl (C=O) groups is 1. The van der Waals surface area contributed by atoms with Crippen molar-refractivity contribution in [2.45, 2.75) is 32.4 Å². The average Bonchev–Trinajstić information content (AvgIpc) is 2.95. The van der Waals surface area contributed by atoms with Gasteiger partial charge >= 0.3 is 0 Å². The van der Waals surface area contributed by atoms with Gasteiger partial charge in [0.15, 0.2) is 0 Å². The van der Waals surface area contributed by atoms with Crippen LogP contribution in [-0.2, 0) is 13.0 Å². The summed E-state index contributed by atoms with van der Waals surface area (Å²) in [6.07, 6.45) is 5.58. The van der Waals surface area contributed by atoms with Crippen LogP contribution in [0, 0.1) is 0 Å². The first kappa shape index (κ1) is 13.7. The van der Waals surface area contributed by atoms with E-state index < -0.39 is 0 Å². The van der Waals surface area contributed by atoms with Crippen LogP contribution in [0.25, 0.3) is 0 Å². The number of amides is 1. The molecule has 2 heterocycles. The lowest BCUT2D eigenvalue weighted by Crippen LogP contribution is -2.41. The smallest absolute Gasteiger partial charge is 0.255 e. The van der Waals surface area contributed by atoms with E-state index in [1.54, 1.807) is 6.07 Å². The van der Waals surface area contributed by atoms with Crippen LogP contribution < -0.4 is 10.1 Å². The standard InChI is InChI=1S/C16H19N3O2/c1-2-21-14-6-4-3-5-13(14)16(20)18-12-7-8-15-17-9-10-19(15)11-12/h3-6,9-10,12H,2,7-8,11H2,1H3,(H,18,20)/t12-/m1/s1. The molecule has 5 nitrogen and oxygen atoms in total. The van der Waals surface area contributed by atoms with Gasteiger partial charge in [0, 0.05) is 31.4 Å². The van der Waals surface area contributed by atoms with Crippen molar-refractivity contribution >= 4 is 5.91 Å². The van der Waals surface area contributed by atoms with Crippen LogP contribution in [0.15, 0.2) is 36.7 Å². The van der Waals surface area contributed by atoms with Crippen molar-refractivity contribution in [3.63, 3.8) is 0 Å². The van der Waals surface area contributed by atoms with Crippen molar-refractivity contribution in [3.8, 4) is 5.75 Å². The Morgan fingerprint density at radius 3 is 3.19 bits per heavy atom. The number of nitrogens with zero attached hydrogens (tertiary/aromatic N) is 2. The summed E-state index contributed by atoms with van der Waals surface area (Å²) in [5.41, 5.74) is 0.593. The molecule has 0 saturated heterocycles. The second-order valence-corrected chi connectivity index (χ2v) is 5.13. The maximum atomic E-state index is 12.4. The molecular weight excluding hydrogens is 266 g/mol. The maximum absolute atomic E-state index is 12.4. The highest BCUT2D eigenvalue weighted by atomic mass is 16.5. The highest BCUT2D eigenvalue weighted by Crippen LogP contribution is 2.19. The zero-order valence-electron chi connectivity index (χ0n) is 12.1. The van der Waals surface area contributed by atoms with Crippen LogP contribution in [0.2, 0.25) is 0 Å². The Bertz CT molecular complexity index is 636. The molecule has 3 rings (SSSR count). The molecule has 110 valence electrons. The number of aryl methyl sites for hydroxylation is 1. The molecule has 0 unspecified atom stereocenters. The van der Waals surface area contributed by atoms with Crippen LogP contribution in [0.1, 0.15) is 29.5 Å². The van der Waals surface area contributed by atoms with Crippen molar-refractivity contribution in [1.82, 2.24) is 14.9 Å². The minimum atomic E-state index is -0.0763. The maximum Gasteiger partial charge on any atom is 0.255 e. The minimum absolute atomic E-state index is 0.0763. The largest absolute Gasteiger partial charge is 0.493 e. The molecule has 1 N–H and O–H groups in total. The Hall–Kier alpha value is -2.30. The third-order valence-corrected chi connectivity index (χ3v) is 3.70. The Morgan fingerprint density at radius 1 is 1.48 bits per heavy atom. The molecule has 0 fully saturated rings. The van der Waals surface area contributed by atoms with Gasteiger partial charge in [0.25, 0.3) is 5.91 Å². The van der Waals surface area contributed by atoms with Gasteiger partial charge in [0.2, 0.25) is 0 Å². The third-order valence-electron chi connectivity index (χ3n) is 3.70. The van der Waals surface area contributed by atoms with Gasteiger partial charge in [-0.05, 0) is 25.5 Å². The average molecular weight is 285 g/mol. The van der Waals surface area contributed by atoms with Gasteiger partial charge in [-0.1, -0.05) is 12.1 Å². The van der Waals surface area contributed by atoms with E-state index in [1.807, 2.05) is 37.5 Å². The predicted octanol–water partition coefficient (Wildman–Crippen LogP) is 2.03. The summed E-state index contributed by atoms with van der Waals surface area (Å²) < 4.78 is 7.62. The molecule has 0 saturated carbocycles. The van der Waals surface area contributed by atoms with Crippen molar-refractivity contribution in [1.29, 1.82) is 0 Å². The van der Waals surface area contributed by atoms with Gasteiger partial charge in [-0.2, -0.15) is 0 Å².